The monoisotopic (exact) mass is 235 g/mol. The van der Waals surface area contributed by atoms with E-state index in [0.29, 0.717) is 15.1 Å². The van der Waals surface area contributed by atoms with E-state index < -0.39 is 0 Å². The Labute approximate surface area is 93.9 Å². The average Bonchev–Trinajstić information content (AvgIpc) is 1.98. The maximum atomic E-state index is 5.92. The first-order chi connectivity index (χ1) is 5.84. The predicted molar refractivity (Wildman–Crippen MR) is 60.2 cm³/mol. The van der Waals surface area contributed by atoms with Crippen molar-refractivity contribution in [1.82, 2.24) is 4.98 Å². The summed E-state index contributed by atoms with van der Waals surface area (Å²) in [7, 11) is 0. The molecule has 4 heteroatoms. The Morgan fingerprint density at radius 2 is 1.85 bits per heavy atom. The first-order valence-corrected chi connectivity index (χ1v) is 5.08. The van der Waals surface area contributed by atoms with Gasteiger partial charge in [0.2, 0.25) is 0 Å². The minimum Gasteiger partial charge on any atom is -0.243 e. The van der Waals surface area contributed by atoms with Crippen LogP contribution in [-0.4, -0.2) is 4.98 Å². The molecule has 0 aliphatic carbocycles. The van der Waals surface area contributed by atoms with Crippen molar-refractivity contribution in [3.05, 3.63) is 21.9 Å². The summed E-state index contributed by atoms with van der Waals surface area (Å²) in [5.41, 5.74) is 0.989. The van der Waals surface area contributed by atoms with Crippen LogP contribution in [0.2, 0.25) is 10.2 Å². The zero-order valence-electron chi connectivity index (χ0n) is 7.73. The van der Waals surface area contributed by atoms with E-state index in [1.165, 1.54) is 0 Å². The van der Waals surface area contributed by atoms with Gasteiger partial charge in [-0.15, -0.1) is 12.6 Å². The molecule has 0 spiro atoms. The van der Waals surface area contributed by atoms with E-state index in [0.717, 1.165) is 5.56 Å². The van der Waals surface area contributed by atoms with Crippen molar-refractivity contribution < 1.29 is 0 Å². The average molecular weight is 236 g/mol. The highest BCUT2D eigenvalue weighted by Crippen LogP contribution is 2.35. The van der Waals surface area contributed by atoms with Crippen LogP contribution in [0, 0.1) is 0 Å². The van der Waals surface area contributed by atoms with Crippen LogP contribution in [0.1, 0.15) is 26.3 Å². The third-order valence-electron chi connectivity index (χ3n) is 1.76. The van der Waals surface area contributed by atoms with E-state index in [1.807, 2.05) is 0 Å². The molecule has 0 N–H and O–H groups in total. The molecular weight excluding hydrogens is 225 g/mol. The van der Waals surface area contributed by atoms with Crippen molar-refractivity contribution in [3.8, 4) is 0 Å². The van der Waals surface area contributed by atoms with E-state index in [-0.39, 0.29) is 5.41 Å². The molecule has 72 valence electrons. The van der Waals surface area contributed by atoms with Gasteiger partial charge < -0.3 is 0 Å². The quantitative estimate of drug-likeness (QED) is 0.531. The van der Waals surface area contributed by atoms with Gasteiger partial charge >= 0.3 is 0 Å². The number of hydrogen-bond acceptors (Lipinski definition) is 2. The Balaban J connectivity index is 3.35. The Hall–Kier alpha value is 0.0800. The smallest absolute Gasteiger partial charge is 0.148 e. The molecule has 0 saturated heterocycles. The van der Waals surface area contributed by atoms with Crippen molar-refractivity contribution in [2.24, 2.45) is 0 Å². The van der Waals surface area contributed by atoms with Crippen LogP contribution in [0.15, 0.2) is 11.1 Å². The number of halogens is 2. The number of aromatic nitrogens is 1. The van der Waals surface area contributed by atoms with Gasteiger partial charge in [-0.05, 0) is 11.0 Å². The molecule has 0 saturated carbocycles. The minimum atomic E-state index is -0.0156. The highest BCUT2D eigenvalue weighted by molar-refractivity contribution is 7.80. The molecule has 0 aromatic carbocycles. The van der Waals surface area contributed by atoms with Crippen molar-refractivity contribution in [3.63, 3.8) is 0 Å². The lowest BCUT2D eigenvalue weighted by molar-refractivity contribution is 0.575. The lowest BCUT2D eigenvalue weighted by atomic mass is 9.88. The molecule has 0 amide bonds. The van der Waals surface area contributed by atoms with Crippen LogP contribution in [0.25, 0.3) is 0 Å². The molecule has 1 aromatic rings. The van der Waals surface area contributed by atoms with Crippen LogP contribution < -0.4 is 0 Å². The second-order valence-electron chi connectivity index (χ2n) is 3.88. The summed E-state index contributed by atoms with van der Waals surface area (Å²) >= 11 is 16.0. The van der Waals surface area contributed by atoms with Crippen LogP contribution in [0.5, 0.6) is 0 Å². The molecule has 0 bridgehead atoms. The van der Waals surface area contributed by atoms with Crippen molar-refractivity contribution in [2.45, 2.75) is 31.1 Å². The standard InChI is InChI=1S/C9H11Cl2NS/c1-9(2,3)5-4-12-8(11)6(10)7(5)13/h4H,1-3H3,(H,12,13). The molecule has 0 aliphatic rings. The summed E-state index contributed by atoms with van der Waals surface area (Å²) in [5, 5.41) is 0.733. The molecule has 1 nitrogen and oxygen atoms in total. The van der Waals surface area contributed by atoms with E-state index in [2.05, 4.69) is 38.4 Å². The molecule has 1 rings (SSSR count). The maximum absolute atomic E-state index is 5.92. The molecule has 0 radical (unpaired) electrons. The second kappa shape index (κ2) is 3.68. The molecule has 1 heterocycles. The summed E-state index contributed by atoms with van der Waals surface area (Å²) in [6.45, 7) is 6.23. The predicted octanol–water partition coefficient (Wildman–Crippen LogP) is 3.97. The minimum absolute atomic E-state index is 0.0156. The third kappa shape index (κ3) is 2.30. The molecule has 0 fully saturated rings. The second-order valence-corrected chi connectivity index (χ2v) is 5.06. The van der Waals surface area contributed by atoms with Gasteiger partial charge in [0.1, 0.15) is 5.15 Å². The van der Waals surface area contributed by atoms with Crippen LogP contribution in [-0.2, 0) is 5.41 Å². The van der Waals surface area contributed by atoms with Gasteiger partial charge in [-0.25, -0.2) is 4.98 Å². The SMILES string of the molecule is CC(C)(C)c1cnc(Cl)c(Cl)c1S. The number of thiol groups is 1. The molecule has 1 aromatic heterocycles. The summed E-state index contributed by atoms with van der Waals surface area (Å²) in [6, 6.07) is 0. The molecule has 13 heavy (non-hydrogen) atoms. The Morgan fingerprint density at radius 1 is 1.31 bits per heavy atom. The van der Waals surface area contributed by atoms with Gasteiger partial charge in [0.25, 0.3) is 0 Å². The molecule has 0 aliphatic heterocycles. The summed E-state index contributed by atoms with van der Waals surface area (Å²) < 4.78 is 0. The zero-order valence-corrected chi connectivity index (χ0v) is 10.1. The van der Waals surface area contributed by atoms with Crippen LogP contribution in [0.4, 0.5) is 0 Å². The topological polar surface area (TPSA) is 12.9 Å². The van der Waals surface area contributed by atoms with E-state index in [1.54, 1.807) is 6.20 Å². The number of rotatable bonds is 0. The van der Waals surface area contributed by atoms with E-state index in [9.17, 15) is 0 Å². The van der Waals surface area contributed by atoms with Gasteiger partial charge in [0, 0.05) is 11.1 Å². The van der Waals surface area contributed by atoms with E-state index >= 15 is 0 Å². The highest BCUT2D eigenvalue weighted by atomic mass is 35.5. The van der Waals surface area contributed by atoms with Gasteiger partial charge in [-0.2, -0.15) is 0 Å². The Bertz CT molecular complexity index is 331. The largest absolute Gasteiger partial charge is 0.243 e. The summed E-state index contributed by atoms with van der Waals surface area (Å²) in [6.07, 6.45) is 1.72. The maximum Gasteiger partial charge on any atom is 0.148 e. The normalized spacial score (nSPS) is 11.8. The molecule has 0 atom stereocenters. The van der Waals surface area contributed by atoms with Crippen LogP contribution in [0.3, 0.4) is 0 Å². The zero-order chi connectivity index (χ0) is 10.2. The van der Waals surface area contributed by atoms with E-state index in [4.69, 9.17) is 23.2 Å². The first kappa shape index (κ1) is 11.2. The lowest BCUT2D eigenvalue weighted by Crippen LogP contribution is -2.12. The van der Waals surface area contributed by atoms with Gasteiger partial charge in [0.05, 0.1) is 5.02 Å². The van der Waals surface area contributed by atoms with Crippen molar-refractivity contribution in [1.29, 1.82) is 0 Å². The molecular formula is C9H11Cl2NS. The van der Waals surface area contributed by atoms with Crippen molar-refractivity contribution in [2.75, 3.05) is 0 Å². The lowest BCUT2D eigenvalue weighted by Gasteiger charge is -2.21. The van der Waals surface area contributed by atoms with Crippen molar-refractivity contribution >= 4 is 35.8 Å². The Morgan fingerprint density at radius 3 is 2.31 bits per heavy atom. The fraction of sp³-hybridized carbons (Fsp3) is 0.444. The fourth-order valence-corrected chi connectivity index (χ4v) is 1.86. The fourth-order valence-electron chi connectivity index (χ4n) is 1.00. The van der Waals surface area contributed by atoms with Crippen LogP contribution >= 0.6 is 35.8 Å². The molecule has 0 unspecified atom stereocenters. The number of nitrogens with zero attached hydrogens (tertiary/aromatic N) is 1. The van der Waals surface area contributed by atoms with Gasteiger partial charge in [-0.1, -0.05) is 44.0 Å². The number of pyridine rings is 1. The third-order valence-corrected chi connectivity index (χ3v) is 3.11. The first-order valence-electron chi connectivity index (χ1n) is 3.87. The number of hydrogen-bond donors (Lipinski definition) is 1. The summed E-state index contributed by atoms with van der Waals surface area (Å²) in [5.74, 6) is 0. The highest BCUT2D eigenvalue weighted by Gasteiger charge is 2.20. The Kier molecular flexibility index (Phi) is 3.16. The summed E-state index contributed by atoms with van der Waals surface area (Å²) in [4.78, 5) is 4.71. The van der Waals surface area contributed by atoms with Gasteiger partial charge in [0.15, 0.2) is 0 Å². The van der Waals surface area contributed by atoms with Gasteiger partial charge in [-0.3, -0.25) is 0 Å².